The summed E-state index contributed by atoms with van der Waals surface area (Å²) < 4.78 is 10.7. The van der Waals surface area contributed by atoms with Crippen LogP contribution in [-0.4, -0.2) is 34.1 Å². The Bertz CT molecular complexity index is 903. The quantitative estimate of drug-likeness (QED) is 0.630. The molecule has 0 fully saturated rings. The first kappa shape index (κ1) is 18.6. The van der Waals surface area contributed by atoms with E-state index in [0.717, 1.165) is 16.9 Å². The van der Waals surface area contributed by atoms with Crippen LogP contribution < -0.4 is 4.74 Å². The molecule has 27 heavy (non-hydrogen) atoms. The van der Waals surface area contributed by atoms with Crippen molar-refractivity contribution in [3.05, 3.63) is 65.8 Å². The number of aromatic nitrogens is 2. The molecule has 0 saturated carbocycles. The summed E-state index contributed by atoms with van der Waals surface area (Å²) >= 11 is 0. The van der Waals surface area contributed by atoms with E-state index in [-0.39, 0.29) is 5.91 Å². The van der Waals surface area contributed by atoms with Crippen LogP contribution in [-0.2, 0) is 6.54 Å². The lowest BCUT2D eigenvalue weighted by atomic mass is 10.0. The van der Waals surface area contributed by atoms with Crippen LogP contribution in [0.25, 0.3) is 11.1 Å². The first-order valence-corrected chi connectivity index (χ1v) is 9.02. The Labute approximate surface area is 158 Å². The predicted molar refractivity (Wildman–Crippen MR) is 102 cm³/mol. The maximum absolute atomic E-state index is 12.8. The van der Waals surface area contributed by atoms with Gasteiger partial charge in [-0.25, -0.2) is 0 Å². The van der Waals surface area contributed by atoms with Gasteiger partial charge in [0.2, 0.25) is 5.89 Å². The van der Waals surface area contributed by atoms with Crippen molar-refractivity contribution in [3.8, 4) is 16.9 Å². The highest BCUT2D eigenvalue weighted by Gasteiger charge is 2.17. The largest absolute Gasteiger partial charge is 0.494 e. The first-order chi connectivity index (χ1) is 13.1. The lowest BCUT2D eigenvalue weighted by Crippen LogP contribution is -2.30. The first-order valence-electron chi connectivity index (χ1n) is 9.02. The van der Waals surface area contributed by atoms with Gasteiger partial charge in [0.25, 0.3) is 5.91 Å². The molecule has 6 heteroatoms. The van der Waals surface area contributed by atoms with Gasteiger partial charge in [0.1, 0.15) is 12.3 Å². The van der Waals surface area contributed by atoms with Crippen LogP contribution >= 0.6 is 0 Å². The minimum absolute atomic E-state index is 0.0667. The number of aryl methyl sites for hydroxylation is 1. The standard InChI is InChI=1S/C21H23N3O3/c1-4-24(14-20-22-15(3)23-27-20)21(25)17-11-9-16(10-12-17)18-7-6-8-19(13-18)26-5-2/h6-13H,4-5,14H2,1-3H3. The van der Waals surface area contributed by atoms with E-state index >= 15 is 0 Å². The van der Waals surface area contributed by atoms with Crippen molar-refractivity contribution in [2.75, 3.05) is 13.2 Å². The third kappa shape index (κ3) is 4.53. The van der Waals surface area contributed by atoms with E-state index < -0.39 is 0 Å². The third-order valence-corrected chi connectivity index (χ3v) is 4.17. The smallest absolute Gasteiger partial charge is 0.254 e. The van der Waals surface area contributed by atoms with Gasteiger partial charge in [-0.1, -0.05) is 29.4 Å². The highest BCUT2D eigenvalue weighted by Crippen LogP contribution is 2.24. The number of carbonyl (C=O) groups excluding carboxylic acids is 1. The second-order valence-corrected chi connectivity index (χ2v) is 6.09. The van der Waals surface area contributed by atoms with Crippen LogP contribution in [0.1, 0.15) is 35.9 Å². The fourth-order valence-corrected chi connectivity index (χ4v) is 2.81. The molecule has 1 aromatic heterocycles. The lowest BCUT2D eigenvalue weighted by Gasteiger charge is -2.19. The van der Waals surface area contributed by atoms with Gasteiger partial charge in [-0.05, 0) is 56.2 Å². The fourth-order valence-electron chi connectivity index (χ4n) is 2.81. The van der Waals surface area contributed by atoms with E-state index in [2.05, 4.69) is 10.1 Å². The van der Waals surface area contributed by atoms with E-state index in [1.54, 1.807) is 11.8 Å². The molecule has 0 aliphatic rings. The molecule has 6 nitrogen and oxygen atoms in total. The van der Waals surface area contributed by atoms with Crippen LogP contribution in [0, 0.1) is 6.92 Å². The average Bonchev–Trinajstić information content (AvgIpc) is 3.11. The topological polar surface area (TPSA) is 68.5 Å². The molecular weight excluding hydrogens is 342 g/mol. The van der Waals surface area contributed by atoms with Gasteiger partial charge in [-0.15, -0.1) is 0 Å². The molecule has 0 N–H and O–H groups in total. The fraction of sp³-hybridized carbons (Fsp3) is 0.286. The molecule has 2 aromatic carbocycles. The molecule has 0 atom stereocenters. The molecule has 1 amide bonds. The minimum Gasteiger partial charge on any atom is -0.494 e. The van der Waals surface area contributed by atoms with E-state index in [0.29, 0.717) is 37.0 Å². The SMILES string of the molecule is CCOc1cccc(-c2ccc(C(=O)N(CC)Cc3nc(C)no3)cc2)c1. The van der Waals surface area contributed by atoms with Crippen molar-refractivity contribution in [3.63, 3.8) is 0 Å². The van der Waals surface area contributed by atoms with Crippen LogP contribution in [0.3, 0.4) is 0 Å². The zero-order chi connectivity index (χ0) is 19.2. The zero-order valence-electron chi connectivity index (χ0n) is 15.8. The number of nitrogens with zero attached hydrogens (tertiary/aromatic N) is 3. The molecule has 0 spiro atoms. The highest BCUT2D eigenvalue weighted by atomic mass is 16.5. The summed E-state index contributed by atoms with van der Waals surface area (Å²) in [5.41, 5.74) is 2.70. The van der Waals surface area contributed by atoms with Crippen molar-refractivity contribution < 1.29 is 14.1 Å². The maximum Gasteiger partial charge on any atom is 0.254 e. The summed E-state index contributed by atoms with van der Waals surface area (Å²) in [7, 11) is 0. The summed E-state index contributed by atoms with van der Waals surface area (Å²) in [6.07, 6.45) is 0. The Hall–Kier alpha value is -3.15. The van der Waals surface area contributed by atoms with Crippen molar-refractivity contribution in [2.45, 2.75) is 27.3 Å². The monoisotopic (exact) mass is 365 g/mol. The second-order valence-electron chi connectivity index (χ2n) is 6.09. The van der Waals surface area contributed by atoms with Crippen molar-refractivity contribution in [2.24, 2.45) is 0 Å². The Morgan fingerprint density at radius 3 is 2.52 bits per heavy atom. The summed E-state index contributed by atoms with van der Waals surface area (Å²) in [5, 5.41) is 3.77. The van der Waals surface area contributed by atoms with Crippen LogP contribution in [0.5, 0.6) is 5.75 Å². The van der Waals surface area contributed by atoms with Crippen molar-refractivity contribution in [1.82, 2.24) is 15.0 Å². The van der Waals surface area contributed by atoms with Crippen LogP contribution in [0.15, 0.2) is 53.1 Å². The molecule has 3 rings (SSSR count). The molecule has 0 bridgehead atoms. The molecule has 0 unspecified atom stereocenters. The average molecular weight is 365 g/mol. The number of ether oxygens (including phenoxy) is 1. The summed E-state index contributed by atoms with van der Waals surface area (Å²) in [6, 6.07) is 15.5. The molecular formula is C21H23N3O3. The Morgan fingerprint density at radius 1 is 1.11 bits per heavy atom. The van der Waals surface area contributed by atoms with Gasteiger partial charge >= 0.3 is 0 Å². The summed E-state index contributed by atoms with van der Waals surface area (Å²) in [6.45, 7) is 7.12. The highest BCUT2D eigenvalue weighted by molar-refractivity contribution is 5.94. The van der Waals surface area contributed by atoms with Crippen molar-refractivity contribution in [1.29, 1.82) is 0 Å². The second kappa shape index (κ2) is 8.49. The van der Waals surface area contributed by atoms with E-state index in [1.165, 1.54) is 0 Å². The molecule has 1 heterocycles. The van der Waals surface area contributed by atoms with Crippen LogP contribution in [0.4, 0.5) is 0 Å². The third-order valence-electron chi connectivity index (χ3n) is 4.17. The van der Waals surface area contributed by atoms with Gasteiger partial charge < -0.3 is 14.2 Å². The lowest BCUT2D eigenvalue weighted by molar-refractivity contribution is 0.0734. The molecule has 0 radical (unpaired) electrons. The van der Waals surface area contributed by atoms with Gasteiger partial charge in [0.05, 0.1) is 6.61 Å². The number of amides is 1. The molecule has 3 aromatic rings. The normalized spacial score (nSPS) is 10.6. The summed E-state index contributed by atoms with van der Waals surface area (Å²) in [4.78, 5) is 18.6. The number of hydrogen-bond donors (Lipinski definition) is 0. The predicted octanol–water partition coefficient (Wildman–Crippen LogP) is 4.11. The molecule has 140 valence electrons. The van der Waals surface area contributed by atoms with Crippen molar-refractivity contribution >= 4 is 5.91 Å². The van der Waals surface area contributed by atoms with E-state index in [9.17, 15) is 4.79 Å². The van der Waals surface area contributed by atoms with Crippen LogP contribution in [0.2, 0.25) is 0 Å². The maximum atomic E-state index is 12.8. The molecule has 0 saturated heterocycles. The number of benzene rings is 2. The Morgan fingerprint density at radius 2 is 1.89 bits per heavy atom. The zero-order valence-corrected chi connectivity index (χ0v) is 15.8. The molecule has 0 aliphatic heterocycles. The van der Waals surface area contributed by atoms with E-state index in [1.807, 2.05) is 62.4 Å². The molecule has 0 aliphatic carbocycles. The van der Waals surface area contributed by atoms with E-state index in [4.69, 9.17) is 9.26 Å². The summed E-state index contributed by atoms with van der Waals surface area (Å²) in [5.74, 6) is 1.77. The number of rotatable bonds is 7. The number of carbonyl (C=O) groups is 1. The Balaban J connectivity index is 1.75. The van der Waals surface area contributed by atoms with Gasteiger partial charge in [-0.2, -0.15) is 4.98 Å². The minimum atomic E-state index is -0.0667. The Kier molecular flexibility index (Phi) is 5.86. The van der Waals surface area contributed by atoms with Gasteiger partial charge in [-0.3, -0.25) is 4.79 Å². The number of hydrogen-bond acceptors (Lipinski definition) is 5. The van der Waals surface area contributed by atoms with Gasteiger partial charge in [0, 0.05) is 12.1 Å². The van der Waals surface area contributed by atoms with Gasteiger partial charge in [0.15, 0.2) is 5.82 Å².